The minimum Gasteiger partial charge on any atom is -0.493 e. The number of sulfonamides is 1. The largest absolute Gasteiger partial charge is 0.493 e. The molecule has 43 heavy (non-hydrogen) atoms. The van der Waals surface area contributed by atoms with Crippen LogP contribution in [0.2, 0.25) is 0 Å². The third kappa shape index (κ3) is 8.73. The molecule has 0 saturated heterocycles. The second-order valence-electron chi connectivity index (χ2n) is 11.4. The van der Waals surface area contributed by atoms with Crippen LogP contribution in [-0.4, -0.2) is 64.0 Å². The van der Waals surface area contributed by atoms with Crippen LogP contribution in [0.3, 0.4) is 0 Å². The molecule has 0 bridgehead atoms. The number of anilines is 1. The van der Waals surface area contributed by atoms with Crippen LogP contribution >= 0.6 is 0 Å². The van der Waals surface area contributed by atoms with Crippen molar-refractivity contribution in [1.29, 1.82) is 0 Å². The smallest absolute Gasteiger partial charge is 0.264 e. The van der Waals surface area contributed by atoms with Gasteiger partial charge in [-0.3, -0.25) is 13.9 Å². The summed E-state index contributed by atoms with van der Waals surface area (Å²) in [5.74, 6) is -0.159. The highest BCUT2D eigenvalue weighted by molar-refractivity contribution is 7.92. The Hall–Kier alpha value is -4.05. The van der Waals surface area contributed by atoms with E-state index < -0.39 is 34.1 Å². The average Bonchev–Trinajstić information content (AvgIpc) is 2.97. The molecule has 232 valence electrons. The number of aryl methyl sites for hydroxylation is 1. The zero-order chi connectivity index (χ0) is 31.8. The number of ether oxygens (including phenoxy) is 2. The molecule has 0 spiro atoms. The summed E-state index contributed by atoms with van der Waals surface area (Å²) in [6.45, 7) is 9.10. The number of hydrogen-bond donors (Lipinski definition) is 1. The van der Waals surface area contributed by atoms with Crippen LogP contribution in [0.15, 0.2) is 77.7 Å². The highest BCUT2D eigenvalue weighted by Crippen LogP contribution is 2.32. The minimum absolute atomic E-state index is 0.0631. The molecular weight excluding hydrogens is 566 g/mol. The predicted molar refractivity (Wildman–Crippen MR) is 169 cm³/mol. The molecule has 1 N–H and O–H groups in total. The third-order valence-electron chi connectivity index (χ3n) is 6.91. The maximum absolute atomic E-state index is 14.2. The second kappa shape index (κ2) is 14.4. The summed E-state index contributed by atoms with van der Waals surface area (Å²) in [7, 11) is -1.36. The molecule has 3 rings (SSSR count). The summed E-state index contributed by atoms with van der Waals surface area (Å²) in [5.41, 5.74) is 1.75. The summed E-state index contributed by atoms with van der Waals surface area (Å²) in [6, 6.07) is 20.1. The lowest BCUT2D eigenvalue weighted by Crippen LogP contribution is -2.56. The van der Waals surface area contributed by atoms with Gasteiger partial charge in [0.1, 0.15) is 12.6 Å². The Morgan fingerprint density at radius 2 is 1.53 bits per heavy atom. The monoisotopic (exact) mass is 609 g/mol. The molecule has 0 radical (unpaired) electrons. The van der Waals surface area contributed by atoms with Crippen molar-refractivity contribution >= 4 is 27.5 Å². The van der Waals surface area contributed by atoms with Gasteiger partial charge < -0.3 is 19.7 Å². The number of carbonyl (C=O) groups excluding carboxylic acids is 2. The van der Waals surface area contributed by atoms with Gasteiger partial charge in [0.05, 0.1) is 24.8 Å². The van der Waals surface area contributed by atoms with Gasteiger partial charge in [-0.15, -0.1) is 0 Å². The van der Waals surface area contributed by atoms with E-state index in [4.69, 9.17) is 9.47 Å². The van der Waals surface area contributed by atoms with Crippen LogP contribution in [0.1, 0.15) is 45.2 Å². The third-order valence-corrected chi connectivity index (χ3v) is 8.68. The first-order chi connectivity index (χ1) is 20.3. The van der Waals surface area contributed by atoms with Crippen LogP contribution in [-0.2, 0) is 26.0 Å². The number of benzene rings is 3. The topological polar surface area (TPSA) is 105 Å². The zero-order valence-electron chi connectivity index (χ0n) is 26.1. The summed E-state index contributed by atoms with van der Waals surface area (Å²) in [4.78, 5) is 29.0. The molecule has 0 saturated carbocycles. The fourth-order valence-electron chi connectivity index (χ4n) is 4.69. The number of rotatable bonds is 13. The average molecular weight is 610 g/mol. The predicted octanol–water partition coefficient (Wildman–Crippen LogP) is 4.97. The van der Waals surface area contributed by atoms with Gasteiger partial charge in [-0.05, 0) is 70.4 Å². The Morgan fingerprint density at radius 1 is 0.907 bits per heavy atom. The van der Waals surface area contributed by atoms with E-state index in [0.29, 0.717) is 24.3 Å². The van der Waals surface area contributed by atoms with E-state index in [1.807, 2.05) is 65.0 Å². The van der Waals surface area contributed by atoms with Crippen LogP contribution in [0.25, 0.3) is 0 Å². The van der Waals surface area contributed by atoms with E-state index in [1.165, 1.54) is 37.3 Å². The maximum atomic E-state index is 14.2. The van der Waals surface area contributed by atoms with Crippen LogP contribution in [0.4, 0.5) is 5.69 Å². The van der Waals surface area contributed by atoms with Gasteiger partial charge in [-0.1, -0.05) is 55.0 Å². The van der Waals surface area contributed by atoms with Crippen molar-refractivity contribution in [2.24, 2.45) is 0 Å². The molecule has 0 aliphatic heterocycles. The Labute approximate surface area is 255 Å². The van der Waals surface area contributed by atoms with Gasteiger partial charge in [-0.2, -0.15) is 0 Å². The lowest BCUT2D eigenvalue weighted by atomic mass is 10.1. The van der Waals surface area contributed by atoms with E-state index in [0.717, 1.165) is 15.4 Å². The SMILES string of the molecule is CC[C@H](C(=O)NC(C)(C)C)N(CCc1ccccc1)C(=O)CN(c1ccc(C)cc1)S(=O)(=O)c1ccc(OC)c(OC)c1. The van der Waals surface area contributed by atoms with Crippen molar-refractivity contribution in [3.05, 3.63) is 83.9 Å². The molecule has 1 atom stereocenters. The fourth-order valence-corrected chi connectivity index (χ4v) is 6.12. The summed E-state index contributed by atoms with van der Waals surface area (Å²) in [5, 5.41) is 2.98. The van der Waals surface area contributed by atoms with Crippen molar-refractivity contribution in [1.82, 2.24) is 10.2 Å². The molecule has 3 aromatic rings. The number of methoxy groups -OCH3 is 2. The fraction of sp³-hybridized carbons (Fsp3) is 0.394. The van der Waals surface area contributed by atoms with E-state index in [9.17, 15) is 18.0 Å². The molecular formula is C33H43N3O6S. The zero-order valence-corrected chi connectivity index (χ0v) is 26.9. The highest BCUT2D eigenvalue weighted by Gasteiger charge is 2.34. The van der Waals surface area contributed by atoms with Gasteiger partial charge in [0.25, 0.3) is 10.0 Å². The molecule has 3 aromatic carbocycles. The van der Waals surface area contributed by atoms with Crippen molar-refractivity contribution in [3.8, 4) is 11.5 Å². The highest BCUT2D eigenvalue weighted by atomic mass is 32.2. The number of hydrogen-bond acceptors (Lipinski definition) is 6. The van der Waals surface area contributed by atoms with Gasteiger partial charge in [0, 0.05) is 18.2 Å². The first-order valence-corrected chi connectivity index (χ1v) is 15.7. The number of nitrogens with zero attached hydrogens (tertiary/aromatic N) is 2. The number of nitrogens with one attached hydrogen (secondary N) is 1. The Bertz CT molecular complexity index is 1490. The van der Waals surface area contributed by atoms with Gasteiger partial charge in [0.2, 0.25) is 11.8 Å². The number of carbonyl (C=O) groups is 2. The van der Waals surface area contributed by atoms with Crippen molar-refractivity contribution in [2.75, 3.05) is 31.6 Å². The van der Waals surface area contributed by atoms with Crippen molar-refractivity contribution in [2.45, 2.75) is 63.9 Å². The first-order valence-electron chi connectivity index (χ1n) is 14.3. The van der Waals surface area contributed by atoms with Gasteiger partial charge >= 0.3 is 0 Å². The molecule has 9 nitrogen and oxygen atoms in total. The molecule has 0 aliphatic carbocycles. The minimum atomic E-state index is -4.25. The van der Waals surface area contributed by atoms with Gasteiger partial charge in [0.15, 0.2) is 11.5 Å². The van der Waals surface area contributed by atoms with E-state index in [-0.39, 0.29) is 23.1 Å². The molecule has 0 aliphatic rings. The molecule has 0 unspecified atom stereocenters. The van der Waals surface area contributed by atoms with Crippen LogP contribution in [0.5, 0.6) is 11.5 Å². The summed E-state index contributed by atoms with van der Waals surface area (Å²) >= 11 is 0. The second-order valence-corrected chi connectivity index (χ2v) is 13.2. The molecule has 10 heteroatoms. The molecule has 0 heterocycles. The van der Waals surface area contributed by atoms with Crippen molar-refractivity contribution < 1.29 is 27.5 Å². The maximum Gasteiger partial charge on any atom is 0.264 e. The Kier molecular flexibility index (Phi) is 11.2. The Morgan fingerprint density at radius 3 is 2.09 bits per heavy atom. The quantitative estimate of drug-likeness (QED) is 0.293. The molecule has 2 amide bonds. The Balaban J connectivity index is 2.06. The van der Waals surface area contributed by atoms with E-state index in [1.54, 1.807) is 24.3 Å². The van der Waals surface area contributed by atoms with Gasteiger partial charge in [-0.25, -0.2) is 8.42 Å². The van der Waals surface area contributed by atoms with Crippen LogP contribution < -0.4 is 19.1 Å². The lowest BCUT2D eigenvalue weighted by Gasteiger charge is -2.34. The van der Waals surface area contributed by atoms with Crippen molar-refractivity contribution in [3.63, 3.8) is 0 Å². The van der Waals surface area contributed by atoms with E-state index >= 15 is 0 Å². The lowest BCUT2D eigenvalue weighted by molar-refractivity contribution is -0.140. The molecule has 0 fully saturated rings. The molecule has 0 aromatic heterocycles. The standard InChI is InChI=1S/C33H43N3O6S/c1-8-28(32(38)34-33(3,4)5)35(21-20-25-12-10-9-11-13-25)31(37)23-36(26-16-14-24(2)15-17-26)43(39,40)27-18-19-29(41-6)30(22-27)42-7/h9-19,22,28H,8,20-21,23H2,1-7H3,(H,34,38)/t28-/m1/s1. The summed E-state index contributed by atoms with van der Waals surface area (Å²) < 4.78 is 40.0. The van der Waals surface area contributed by atoms with E-state index in [2.05, 4.69) is 5.32 Å². The normalized spacial score (nSPS) is 12.3. The van der Waals surface area contributed by atoms with Crippen LogP contribution in [0, 0.1) is 6.92 Å². The first kappa shape index (κ1) is 33.5. The summed E-state index contributed by atoms with van der Waals surface area (Å²) in [6.07, 6.45) is 0.855. The number of amides is 2.